The highest BCUT2D eigenvalue weighted by molar-refractivity contribution is 5.93. The van der Waals surface area contributed by atoms with Gasteiger partial charge in [-0.2, -0.15) is 0 Å². The third kappa shape index (κ3) is 4.14. The topological polar surface area (TPSA) is 83.9 Å². The lowest BCUT2D eigenvalue weighted by Crippen LogP contribution is -2.41. The minimum Gasteiger partial charge on any atom is -0.355 e. The molecule has 3 heterocycles. The molecule has 1 aliphatic rings. The third-order valence-electron chi connectivity index (χ3n) is 4.87. The molecule has 1 atom stereocenters. The predicted molar refractivity (Wildman–Crippen MR) is 108 cm³/mol. The van der Waals surface area contributed by atoms with Crippen LogP contribution in [-0.2, 0) is 4.79 Å². The van der Waals surface area contributed by atoms with Crippen molar-refractivity contribution < 1.29 is 4.79 Å². The number of hydrogen-bond donors (Lipinski definition) is 1. The Balaban J connectivity index is 1.45. The largest absolute Gasteiger partial charge is 0.355 e. The minimum atomic E-state index is -0.0827. The van der Waals surface area contributed by atoms with E-state index in [4.69, 9.17) is 0 Å². The van der Waals surface area contributed by atoms with Gasteiger partial charge in [0.15, 0.2) is 0 Å². The predicted octanol–water partition coefficient (Wildman–Crippen LogP) is 3.10. The van der Waals surface area contributed by atoms with Crippen molar-refractivity contribution in [3.63, 3.8) is 0 Å². The highest BCUT2D eigenvalue weighted by Gasteiger charge is 2.26. The number of benzene rings is 1. The van der Waals surface area contributed by atoms with Crippen LogP contribution in [0.5, 0.6) is 0 Å². The number of nitrogens with zero attached hydrogens (tertiary/aromatic N) is 5. The van der Waals surface area contributed by atoms with E-state index in [1.54, 1.807) is 24.8 Å². The average molecular weight is 374 g/mol. The van der Waals surface area contributed by atoms with E-state index in [1.165, 1.54) is 0 Å². The van der Waals surface area contributed by atoms with Crippen molar-refractivity contribution in [3.05, 3.63) is 60.9 Å². The van der Waals surface area contributed by atoms with Crippen LogP contribution in [0.2, 0.25) is 0 Å². The number of aryl methyl sites for hydroxylation is 1. The summed E-state index contributed by atoms with van der Waals surface area (Å²) in [6.07, 6.45) is 8.64. The highest BCUT2D eigenvalue weighted by atomic mass is 16.1. The lowest BCUT2D eigenvalue weighted by Gasteiger charge is -2.32. The van der Waals surface area contributed by atoms with Crippen molar-refractivity contribution in [2.45, 2.75) is 19.8 Å². The summed E-state index contributed by atoms with van der Waals surface area (Å²) < 4.78 is 0. The van der Waals surface area contributed by atoms with Crippen LogP contribution in [0, 0.1) is 12.8 Å². The maximum atomic E-state index is 12.8. The molecule has 0 aliphatic carbocycles. The first-order valence-corrected chi connectivity index (χ1v) is 9.41. The SMILES string of the molecule is Cc1nccc(-c2cccc(NC(=O)C3CCCN(c4cnccn4)C3)c2)n1. The normalized spacial score (nSPS) is 16.6. The zero-order chi connectivity index (χ0) is 19.3. The first kappa shape index (κ1) is 18.0. The summed E-state index contributed by atoms with van der Waals surface area (Å²) in [5.41, 5.74) is 2.57. The van der Waals surface area contributed by atoms with Gasteiger partial charge in [0.2, 0.25) is 5.91 Å². The van der Waals surface area contributed by atoms with Gasteiger partial charge in [0.05, 0.1) is 17.8 Å². The minimum absolute atomic E-state index is 0.0320. The molecule has 1 amide bonds. The number of amides is 1. The van der Waals surface area contributed by atoms with Gasteiger partial charge < -0.3 is 10.2 Å². The Labute approximate surface area is 163 Å². The van der Waals surface area contributed by atoms with E-state index in [1.807, 2.05) is 37.3 Å². The second-order valence-corrected chi connectivity index (χ2v) is 6.91. The molecule has 0 saturated carbocycles. The first-order valence-electron chi connectivity index (χ1n) is 9.41. The van der Waals surface area contributed by atoms with Crippen LogP contribution in [0.25, 0.3) is 11.3 Å². The Bertz CT molecular complexity index is 962. The van der Waals surface area contributed by atoms with Gasteiger partial charge in [0.1, 0.15) is 11.6 Å². The number of piperidine rings is 1. The van der Waals surface area contributed by atoms with E-state index in [9.17, 15) is 4.79 Å². The Hall–Kier alpha value is -3.35. The van der Waals surface area contributed by atoms with Gasteiger partial charge in [0.25, 0.3) is 0 Å². The lowest BCUT2D eigenvalue weighted by atomic mass is 9.97. The van der Waals surface area contributed by atoms with Gasteiger partial charge in [-0.05, 0) is 38.0 Å². The summed E-state index contributed by atoms with van der Waals surface area (Å²) in [5.74, 6) is 1.49. The van der Waals surface area contributed by atoms with E-state index in [2.05, 4.69) is 30.2 Å². The molecule has 1 unspecified atom stereocenters. The summed E-state index contributed by atoms with van der Waals surface area (Å²) in [7, 11) is 0. The Morgan fingerprint density at radius 1 is 1.18 bits per heavy atom. The summed E-state index contributed by atoms with van der Waals surface area (Å²) in [5, 5.41) is 3.06. The van der Waals surface area contributed by atoms with E-state index in [0.717, 1.165) is 48.0 Å². The fourth-order valence-corrected chi connectivity index (χ4v) is 3.47. The fraction of sp³-hybridized carbons (Fsp3) is 0.286. The van der Waals surface area contributed by atoms with Crippen LogP contribution >= 0.6 is 0 Å². The van der Waals surface area contributed by atoms with Crippen molar-refractivity contribution in [1.29, 1.82) is 0 Å². The molecule has 1 saturated heterocycles. The molecule has 0 spiro atoms. The maximum Gasteiger partial charge on any atom is 0.229 e. The molecule has 2 aromatic heterocycles. The molecule has 1 aliphatic heterocycles. The number of aromatic nitrogens is 4. The molecule has 1 fully saturated rings. The third-order valence-corrected chi connectivity index (χ3v) is 4.87. The van der Waals surface area contributed by atoms with Crippen molar-refractivity contribution in [1.82, 2.24) is 19.9 Å². The molecule has 1 aromatic carbocycles. The summed E-state index contributed by atoms with van der Waals surface area (Å²) in [6, 6.07) is 9.62. The average Bonchev–Trinajstić information content (AvgIpc) is 2.75. The van der Waals surface area contributed by atoms with Crippen LogP contribution in [0.15, 0.2) is 55.1 Å². The van der Waals surface area contributed by atoms with Crippen molar-refractivity contribution in [2.75, 3.05) is 23.3 Å². The van der Waals surface area contributed by atoms with Crippen LogP contribution in [-0.4, -0.2) is 38.9 Å². The molecule has 0 bridgehead atoms. The van der Waals surface area contributed by atoms with Crippen LogP contribution in [0.3, 0.4) is 0 Å². The second kappa shape index (κ2) is 8.12. The van der Waals surface area contributed by atoms with Gasteiger partial charge in [-0.25, -0.2) is 15.0 Å². The number of rotatable bonds is 4. The second-order valence-electron chi connectivity index (χ2n) is 6.91. The molecule has 1 N–H and O–H groups in total. The Morgan fingerprint density at radius 2 is 2.11 bits per heavy atom. The quantitative estimate of drug-likeness (QED) is 0.755. The molecule has 28 heavy (non-hydrogen) atoms. The van der Waals surface area contributed by atoms with Gasteiger partial charge in [0, 0.05) is 42.9 Å². The molecule has 7 nitrogen and oxygen atoms in total. The number of nitrogens with one attached hydrogen (secondary N) is 1. The van der Waals surface area contributed by atoms with Crippen molar-refractivity contribution in [2.24, 2.45) is 5.92 Å². The number of carbonyl (C=O) groups excluding carboxylic acids is 1. The summed E-state index contributed by atoms with van der Waals surface area (Å²) in [4.78, 5) is 32.0. The smallest absolute Gasteiger partial charge is 0.229 e. The van der Waals surface area contributed by atoms with Gasteiger partial charge in [-0.15, -0.1) is 0 Å². The van der Waals surface area contributed by atoms with E-state index < -0.39 is 0 Å². The molecule has 7 heteroatoms. The number of hydrogen-bond acceptors (Lipinski definition) is 6. The molecular formula is C21H22N6O. The lowest BCUT2D eigenvalue weighted by molar-refractivity contribution is -0.120. The molecule has 142 valence electrons. The Morgan fingerprint density at radius 3 is 2.93 bits per heavy atom. The zero-order valence-electron chi connectivity index (χ0n) is 15.7. The monoisotopic (exact) mass is 374 g/mol. The number of carbonyl (C=O) groups is 1. The van der Waals surface area contributed by atoms with Crippen LogP contribution in [0.4, 0.5) is 11.5 Å². The summed E-state index contributed by atoms with van der Waals surface area (Å²) in [6.45, 7) is 3.40. The zero-order valence-corrected chi connectivity index (χ0v) is 15.7. The van der Waals surface area contributed by atoms with Crippen LogP contribution in [0.1, 0.15) is 18.7 Å². The summed E-state index contributed by atoms with van der Waals surface area (Å²) >= 11 is 0. The molecular weight excluding hydrogens is 352 g/mol. The Kier molecular flexibility index (Phi) is 5.23. The fourth-order valence-electron chi connectivity index (χ4n) is 3.47. The maximum absolute atomic E-state index is 12.8. The van der Waals surface area contributed by atoms with Gasteiger partial charge in [-0.3, -0.25) is 9.78 Å². The first-order chi connectivity index (χ1) is 13.7. The van der Waals surface area contributed by atoms with Crippen LogP contribution < -0.4 is 10.2 Å². The van der Waals surface area contributed by atoms with E-state index >= 15 is 0 Å². The van der Waals surface area contributed by atoms with Crippen molar-refractivity contribution in [3.8, 4) is 11.3 Å². The van der Waals surface area contributed by atoms with E-state index in [-0.39, 0.29) is 11.8 Å². The van der Waals surface area contributed by atoms with E-state index in [0.29, 0.717) is 6.54 Å². The molecule has 0 radical (unpaired) electrons. The van der Waals surface area contributed by atoms with Crippen molar-refractivity contribution >= 4 is 17.4 Å². The highest BCUT2D eigenvalue weighted by Crippen LogP contribution is 2.24. The molecule has 4 rings (SSSR count). The standard InChI is InChI=1S/C21H22N6O/c1-15-23-8-7-19(25-15)16-4-2-6-18(12-16)26-21(28)17-5-3-11-27(14-17)20-13-22-9-10-24-20/h2,4,6-10,12-13,17H,3,5,11,14H2,1H3,(H,26,28). The van der Waals surface area contributed by atoms with Gasteiger partial charge >= 0.3 is 0 Å². The number of anilines is 2. The van der Waals surface area contributed by atoms with Gasteiger partial charge in [-0.1, -0.05) is 12.1 Å². The molecule has 3 aromatic rings.